The lowest BCUT2D eigenvalue weighted by Gasteiger charge is -2.33. The third-order valence-electron chi connectivity index (χ3n) is 4.69. The van der Waals surface area contributed by atoms with Gasteiger partial charge in [0, 0.05) is 37.8 Å². The van der Waals surface area contributed by atoms with E-state index < -0.39 is 7.12 Å². The van der Waals surface area contributed by atoms with Gasteiger partial charge in [0.2, 0.25) is 0 Å². The summed E-state index contributed by atoms with van der Waals surface area (Å²) in [6.45, 7) is 12.2. The number of pyridine rings is 1. The van der Waals surface area contributed by atoms with Crippen molar-refractivity contribution < 1.29 is 9.68 Å². The molecule has 0 unspecified atom stereocenters. The van der Waals surface area contributed by atoms with Crippen LogP contribution in [0.4, 0.5) is 5.82 Å². The van der Waals surface area contributed by atoms with Crippen molar-refractivity contribution in [2.24, 2.45) is 5.92 Å². The van der Waals surface area contributed by atoms with Crippen molar-refractivity contribution in [3.8, 4) is 0 Å². The van der Waals surface area contributed by atoms with E-state index in [1.54, 1.807) is 6.20 Å². The first-order chi connectivity index (χ1) is 10.3. The molecule has 1 fully saturated rings. The Morgan fingerprint density at radius 3 is 2.36 bits per heavy atom. The fraction of sp³-hybridized carbons (Fsp3) is 0.688. The van der Waals surface area contributed by atoms with Gasteiger partial charge in [0.25, 0.3) is 0 Å². The predicted molar refractivity (Wildman–Crippen MR) is 91.6 cm³/mol. The van der Waals surface area contributed by atoms with Crippen molar-refractivity contribution in [2.45, 2.75) is 33.3 Å². The molecular weight excluding hydrogens is 277 g/mol. The summed E-state index contributed by atoms with van der Waals surface area (Å²) in [5.41, 5.74) is 0.321. The Bertz CT molecular complexity index is 471. The van der Waals surface area contributed by atoms with E-state index in [0.717, 1.165) is 32.0 Å². The van der Waals surface area contributed by atoms with Crippen LogP contribution >= 0.6 is 0 Å². The number of likely N-dealkylation sites (N-methyl/N-ethyl adjacent to an activating group) is 1. The predicted octanol–water partition coefficient (Wildman–Crippen LogP) is 0.972. The van der Waals surface area contributed by atoms with E-state index in [0.29, 0.717) is 11.4 Å². The second kappa shape index (κ2) is 6.98. The first-order valence-corrected chi connectivity index (χ1v) is 8.05. The minimum absolute atomic E-state index is 0.319. The van der Waals surface area contributed by atoms with Gasteiger partial charge in [-0.3, -0.25) is 0 Å². The first kappa shape index (κ1) is 17.3. The van der Waals surface area contributed by atoms with Crippen molar-refractivity contribution >= 4 is 18.4 Å². The van der Waals surface area contributed by atoms with Crippen molar-refractivity contribution in [1.82, 2.24) is 9.88 Å². The van der Waals surface area contributed by atoms with Crippen molar-refractivity contribution in [3.63, 3.8) is 0 Å². The van der Waals surface area contributed by atoms with Crippen LogP contribution in [-0.4, -0.2) is 60.9 Å². The summed E-state index contributed by atoms with van der Waals surface area (Å²) in [4.78, 5) is 9.08. The summed E-state index contributed by atoms with van der Waals surface area (Å²) >= 11 is 0. The van der Waals surface area contributed by atoms with E-state index >= 15 is 0 Å². The zero-order valence-electron chi connectivity index (χ0n) is 14.4. The molecule has 5 nitrogen and oxygen atoms in total. The molecule has 0 aromatic carbocycles. The maximum Gasteiger partial charge on any atom is 0.493 e. The SMILES string of the molecule is CC(C)C(C)(C)OB(O)c1ccc(N2CCN(C)CC2)nc1. The Balaban J connectivity index is 1.99. The molecule has 1 aromatic rings. The van der Waals surface area contributed by atoms with E-state index in [1.807, 2.05) is 26.0 Å². The van der Waals surface area contributed by atoms with Gasteiger partial charge in [0.15, 0.2) is 0 Å². The summed E-state index contributed by atoms with van der Waals surface area (Å²) in [6, 6.07) is 3.87. The molecule has 2 rings (SSSR count). The minimum atomic E-state index is -0.938. The van der Waals surface area contributed by atoms with E-state index in [1.165, 1.54) is 0 Å². The van der Waals surface area contributed by atoms with Crippen molar-refractivity contribution in [3.05, 3.63) is 18.3 Å². The molecule has 22 heavy (non-hydrogen) atoms. The van der Waals surface area contributed by atoms with Crippen LogP contribution in [0.25, 0.3) is 0 Å². The number of piperazine rings is 1. The molecular formula is C16H28BN3O2. The number of rotatable bonds is 5. The van der Waals surface area contributed by atoms with Gasteiger partial charge in [-0.05, 0) is 32.9 Å². The Morgan fingerprint density at radius 1 is 1.23 bits per heavy atom. The van der Waals surface area contributed by atoms with E-state index in [9.17, 15) is 5.02 Å². The number of nitrogens with zero attached hydrogens (tertiary/aromatic N) is 3. The molecule has 0 radical (unpaired) electrons. The van der Waals surface area contributed by atoms with Gasteiger partial charge >= 0.3 is 7.12 Å². The van der Waals surface area contributed by atoms with Gasteiger partial charge in [-0.15, -0.1) is 0 Å². The molecule has 1 aliphatic heterocycles. The summed E-state index contributed by atoms with van der Waals surface area (Å²) in [6.07, 6.45) is 1.72. The Labute approximate surface area is 134 Å². The molecule has 6 heteroatoms. The van der Waals surface area contributed by atoms with Gasteiger partial charge < -0.3 is 19.5 Å². The zero-order valence-corrected chi connectivity index (χ0v) is 14.4. The largest absolute Gasteiger partial charge is 0.493 e. The minimum Gasteiger partial charge on any atom is -0.423 e. The average molecular weight is 305 g/mol. The zero-order chi connectivity index (χ0) is 16.3. The fourth-order valence-electron chi connectivity index (χ4n) is 2.26. The fourth-order valence-corrected chi connectivity index (χ4v) is 2.26. The topological polar surface area (TPSA) is 48.8 Å². The van der Waals surface area contributed by atoms with Gasteiger partial charge in [-0.1, -0.05) is 19.9 Å². The highest BCUT2D eigenvalue weighted by Crippen LogP contribution is 2.21. The van der Waals surface area contributed by atoms with Crippen LogP contribution in [0.2, 0.25) is 0 Å². The highest BCUT2D eigenvalue weighted by molar-refractivity contribution is 6.60. The van der Waals surface area contributed by atoms with Gasteiger partial charge in [0.05, 0.1) is 5.60 Å². The molecule has 0 spiro atoms. The highest BCUT2D eigenvalue weighted by Gasteiger charge is 2.30. The molecule has 0 aliphatic carbocycles. The third kappa shape index (κ3) is 4.21. The normalized spacial score (nSPS) is 17.1. The van der Waals surface area contributed by atoms with Gasteiger partial charge in [-0.25, -0.2) is 4.98 Å². The second-order valence-electron chi connectivity index (χ2n) is 6.97. The molecule has 0 saturated carbocycles. The molecule has 1 aliphatic rings. The molecule has 0 bridgehead atoms. The van der Waals surface area contributed by atoms with Crippen LogP contribution in [0.1, 0.15) is 27.7 Å². The molecule has 2 heterocycles. The summed E-state index contributed by atoms with van der Waals surface area (Å²) in [5.74, 6) is 1.28. The summed E-state index contributed by atoms with van der Waals surface area (Å²) in [5, 5.41) is 10.3. The highest BCUT2D eigenvalue weighted by atomic mass is 16.5. The average Bonchev–Trinajstić information content (AvgIpc) is 2.47. The summed E-state index contributed by atoms with van der Waals surface area (Å²) < 4.78 is 5.78. The monoisotopic (exact) mass is 305 g/mol. The lowest BCUT2D eigenvalue weighted by Crippen LogP contribution is -2.46. The molecule has 0 atom stereocenters. The van der Waals surface area contributed by atoms with Crippen LogP contribution in [0.15, 0.2) is 18.3 Å². The lowest BCUT2D eigenvalue weighted by molar-refractivity contribution is 0.0423. The molecule has 122 valence electrons. The van der Waals surface area contributed by atoms with Gasteiger partial charge in [-0.2, -0.15) is 0 Å². The number of anilines is 1. The lowest BCUT2D eigenvalue weighted by atomic mass is 9.78. The Kier molecular flexibility index (Phi) is 5.48. The first-order valence-electron chi connectivity index (χ1n) is 8.05. The standard InChI is InChI=1S/C16H28BN3O2/c1-13(2)16(3,4)22-17(21)14-6-7-15(18-12-14)20-10-8-19(5)9-11-20/h6-7,12-13,21H,8-11H2,1-5H3. The Hall–Kier alpha value is -1.11. The van der Waals surface area contributed by atoms with E-state index in [2.05, 4.69) is 35.7 Å². The summed E-state index contributed by atoms with van der Waals surface area (Å²) in [7, 11) is 1.20. The van der Waals surface area contributed by atoms with Gasteiger partial charge in [0.1, 0.15) is 5.82 Å². The van der Waals surface area contributed by atoms with Crippen molar-refractivity contribution in [2.75, 3.05) is 38.1 Å². The van der Waals surface area contributed by atoms with Crippen LogP contribution in [0.3, 0.4) is 0 Å². The van der Waals surface area contributed by atoms with Crippen LogP contribution in [0.5, 0.6) is 0 Å². The molecule has 0 amide bonds. The number of aromatic nitrogens is 1. The molecule has 1 saturated heterocycles. The third-order valence-corrected chi connectivity index (χ3v) is 4.69. The van der Waals surface area contributed by atoms with Crippen LogP contribution in [0, 0.1) is 5.92 Å². The molecule has 1 N–H and O–H groups in total. The molecule has 1 aromatic heterocycles. The van der Waals surface area contributed by atoms with Crippen molar-refractivity contribution in [1.29, 1.82) is 0 Å². The van der Waals surface area contributed by atoms with E-state index in [-0.39, 0.29) is 5.60 Å². The quantitative estimate of drug-likeness (QED) is 0.822. The Morgan fingerprint density at radius 2 is 1.86 bits per heavy atom. The maximum atomic E-state index is 10.3. The second-order valence-corrected chi connectivity index (χ2v) is 6.97. The maximum absolute atomic E-state index is 10.3. The van der Waals surface area contributed by atoms with Crippen LogP contribution < -0.4 is 10.4 Å². The number of hydrogen-bond acceptors (Lipinski definition) is 5. The van der Waals surface area contributed by atoms with Crippen LogP contribution in [-0.2, 0) is 4.65 Å². The number of hydrogen-bond donors (Lipinski definition) is 1. The van der Waals surface area contributed by atoms with E-state index in [4.69, 9.17) is 4.65 Å². The smallest absolute Gasteiger partial charge is 0.423 e.